The molecular formula is C12H16N4O4S. The summed E-state index contributed by atoms with van der Waals surface area (Å²) in [5.74, 6) is 0.813. The first-order valence-corrected chi connectivity index (χ1v) is 7.67. The summed E-state index contributed by atoms with van der Waals surface area (Å²) in [7, 11) is -2.35. The van der Waals surface area contributed by atoms with E-state index in [0.29, 0.717) is 17.8 Å². The van der Waals surface area contributed by atoms with Gasteiger partial charge in [-0.15, -0.1) is 0 Å². The molecule has 0 radical (unpaired) electrons. The van der Waals surface area contributed by atoms with Gasteiger partial charge in [0.05, 0.1) is 13.7 Å². The minimum Gasteiger partial charge on any atom is -0.495 e. The van der Waals surface area contributed by atoms with Crippen molar-refractivity contribution >= 4 is 10.0 Å². The van der Waals surface area contributed by atoms with Gasteiger partial charge < -0.3 is 9.84 Å². The number of hydrogen-bond donors (Lipinski definition) is 3. The fourth-order valence-electron chi connectivity index (χ4n) is 1.76. The molecule has 0 saturated carbocycles. The Morgan fingerprint density at radius 2 is 2.24 bits per heavy atom. The Bertz CT molecular complexity index is 685. The molecule has 0 atom stereocenters. The van der Waals surface area contributed by atoms with Crippen molar-refractivity contribution in [1.82, 2.24) is 19.9 Å². The Morgan fingerprint density at radius 3 is 2.86 bits per heavy atom. The van der Waals surface area contributed by atoms with E-state index in [1.54, 1.807) is 6.07 Å². The van der Waals surface area contributed by atoms with Gasteiger partial charge in [-0.1, -0.05) is 6.07 Å². The first-order chi connectivity index (χ1) is 10.1. The Kier molecular flexibility index (Phi) is 4.89. The third-order valence-electron chi connectivity index (χ3n) is 2.82. The van der Waals surface area contributed by atoms with Crippen LogP contribution in [0.1, 0.15) is 11.4 Å². The predicted octanol–water partition coefficient (Wildman–Crippen LogP) is -0.173. The molecule has 21 heavy (non-hydrogen) atoms. The minimum atomic E-state index is -3.74. The average molecular weight is 312 g/mol. The van der Waals surface area contributed by atoms with Crippen LogP contribution in [0.3, 0.4) is 0 Å². The van der Waals surface area contributed by atoms with Crippen LogP contribution in [0, 0.1) is 0 Å². The van der Waals surface area contributed by atoms with E-state index in [9.17, 15) is 8.42 Å². The van der Waals surface area contributed by atoms with E-state index in [2.05, 4.69) is 19.9 Å². The predicted molar refractivity (Wildman–Crippen MR) is 74.2 cm³/mol. The summed E-state index contributed by atoms with van der Waals surface area (Å²) in [6, 6.07) is 4.50. The Morgan fingerprint density at radius 1 is 1.43 bits per heavy atom. The van der Waals surface area contributed by atoms with Gasteiger partial charge >= 0.3 is 0 Å². The number of methoxy groups -OCH3 is 1. The monoisotopic (exact) mass is 312 g/mol. The number of sulfonamides is 1. The maximum atomic E-state index is 12.3. The Hall–Kier alpha value is -1.97. The number of rotatable bonds is 7. The summed E-state index contributed by atoms with van der Waals surface area (Å²) >= 11 is 0. The second-order valence-corrected chi connectivity index (χ2v) is 5.96. The fourth-order valence-corrected chi connectivity index (χ4v) is 3.01. The molecule has 1 aromatic heterocycles. The smallest absolute Gasteiger partial charge is 0.244 e. The number of ether oxygens (including phenoxy) is 1. The van der Waals surface area contributed by atoms with E-state index in [1.807, 2.05) is 0 Å². The van der Waals surface area contributed by atoms with Crippen molar-refractivity contribution < 1.29 is 18.3 Å². The van der Waals surface area contributed by atoms with Gasteiger partial charge in [0.15, 0.2) is 0 Å². The van der Waals surface area contributed by atoms with Crippen LogP contribution in [0.25, 0.3) is 0 Å². The van der Waals surface area contributed by atoms with Gasteiger partial charge in [0.1, 0.15) is 22.8 Å². The number of nitrogens with one attached hydrogen (secondary N) is 2. The summed E-state index contributed by atoms with van der Waals surface area (Å²) in [6.07, 6.45) is 1.75. The highest BCUT2D eigenvalue weighted by atomic mass is 32.2. The lowest BCUT2D eigenvalue weighted by Gasteiger charge is -2.11. The molecule has 0 aliphatic carbocycles. The standard InChI is InChI=1S/C12H16N4O4S/c1-20-10-3-2-9(7-17)6-11(10)21(18,19)15-5-4-12-13-8-14-16-12/h2-3,6,8,15,17H,4-5,7H2,1H3,(H,13,14,16). The average Bonchev–Trinajstić information content (AvgIpc) is 2.99. The van der Waals surface area contributed by atoms with Crippen molar-refractivity contribution in [3.8, 4) is 5.75 Å². The molecule has 0 fully saturated rings. The molecule has 0 aliphatic heterocycles. The molecule has 0 saturated heterocycles. The number of aromatic amines is 1. The highest BCUT2D eigenvalue weighted by Crippen LogP contribution is 2.24. The zero-order valence-corrected chi connectivity index (χ0v) is 12.2. The lowest BCUT2D eigenvalue weighted by atomic mass is 10.2. The molecule has 2 aromatic rings. The summed E-state index contributed by atoms with van der Waals surface area (Å²) in [4.78, 5) is 3.90. The van der Waals surface area contributed by atoms with Gasteiger partial charge in [-0.05, 0) is 17.7 Å². The van der Waals surface area contributed by atoms with Gasteiger partial charge in [0, 0.05) is 13.0 Å². The summed E-state index contributed by atoms with van der Waals surface area (Å²) in [5.41, 5.74) is 0.492. The third kappa shape index (κ3) is 3.78. The van der Waals surface area contributed by atoms with E-state index >= 15 is 0 Å². The first-order valence-electron chi connectivity index (χ1n) is 6.18. The van der Waals surface area contributed by atoms with E-state index in [-0.39, 0.29) is 23.8 Å². The highest BCUT2D eigenvalue weighted by molar-refractivity contribution is 7.89. The molecule has 1 heterocycles. The van der Waals surface area contributed by atoms with Gasteiger partial charge in [-0.2, -0.15) is 5.10 Å². The molecule has 114 valence electrons. The summed E-state index contributed by atoms with van der Waals surface area (Å²) in [5, 5.41) is 15.5. The van der Waals surface area contributed by atoms with Crippen LogP contribution in [-0.4, -0.2) is 42.4 Å². The van der Waals surface area contributed by atoms with Crippen LogP contribution in [0.5, 0.6) is 5.75 Å². The zero-order valence-electron chi connectivity index (χ0n) is 11.4. The van der Waals surface area contributed by atoms with Crippen LogP contribution >= 0.6 is 0 Å². The lowest BCUT2D eigenvalue weighted by Crippen LogP contribution is -2.26. The second-order valence-electron chi connectivity index (χ2n) is 4.22. The number of hydrogen-bond acceptors (Lipinski definition) is 6. The number of aliphatic hydroxyl groups is 1. The molecule has 0 unspecified atom stereocenters. The van der Waals surface area contributed by atoms with Crippen LogP contribution in [-0.2, 0) is 23.1 Å². The number of aliphatic hydroxyl groups excluding tert-OH is 1. The number of aromatic nitrogens is 3. The maximum Gasteiger partial charge on any atom is 0.244 e. The zero-order chi connectivity index (χ0) is 15.3. The minimum absolute atomic E-state index is 0.00544. The molecule has 1 aromatic carbocycles. The van der Waals surface area contributed by atoms with Crippen molar-refractivity contribution in [1.29, 1.82) is 0 Å². The molecule has 9 heteroatoms. The normalized spacial score (nSPS) is 11.5. The van der Waals surface area contributed by atoms with E-state index in [4.69, 9.17) is 9.84 Å². The molecule has 8 nitrogen and oxygen atoms in total. The molecule has 2 rings (SSSR count). The second kappa shape index (κ2) is 6.66. The number of benzene rings is 1. The van der Waals surface area contributed by atoms with Crippen molar-refractivity contribution in [3.05, 3.63) is 35.9 Å². The molecule has 0 amide bonds. The van der Waals surface area contributed by atoms with Gasteiger partial charge in [0.25, 0.3) is 0 Å². The topological polar surface area (TPSA) is 117 Å². The largest absolute Gasteiger partial charge is 0.495 e. The third-order valence-corrected chi connectivity index (χ3v) is 4.30. The molecule has 3 N–H and O–H groups in total. The van der Waals surface area contributed by atoms with Crippen LogP contribution in [0.2, 0.25) is 0 Å². The lowest BCUT2D eigenvalue weighted by molar-refractivity contribution is 0.281. The van der Waals surface area contributed by atoms with Crippen LogP contribution < -0.4 is 9.46 Å². The summed E-state index contributed by atoms with van der Waals surface area (Å²) < 4.78 is 32.1. The fraction of sp³-hybridized carbons (Fsp3) is 0.333. The summed E-state index contributed by atoms with van der Waals surface area (Å²) in [6.45, 7) is -0.0748. The molecule has 0 aliphatic rings. The van der Waals surface area contributed by atoms with Crippen molar-refractivity contribution in [2.75, 3.05) is 13.7 Å². The Labute approximate surface area is 122 Å². The Balaban J connectivity index is 2.14. The quantitative estimate of drug-likeness (QED) is 0.653. The van der Waals surface area contributed by atoms with Gasteiger partial charge in [-0.25, -0.2) is 18.1 Å². The van der Waals surface area contributed by atoms with Gasteiger partial charge in [-0.3, -0.25) is 5.10 Å². The number of nitrogens with zero attached hydrogens (tertiary/aromatic N) is 2. The maximum absolute atomic E-state index is 12.3. The van der Waals surface area contributed by atoms with Gasteiger partial charge in [0.2, 0.25) is 10.0 Å². The molecular weight excluding hydrogens is 296 g/mol. The number of H-pyrrole nitrogens is 1. The van der Waals surface area contributed by atoms with E-state index < -0.39 is 10.0 Å². The van der Waals surface area contributed by atoms with Crippen LogP contribution in [0.15, 0.2) is 29.4 Å². The van der Waals surface area contributed by atoms with Crippen molar-refractivity contribution in [2.24, 2.45) is 0 Å². The van der Waals surface area contributed by atoms with E-state index in [1.165, 1.54) is 25.6 Å². The molecule has 0 bridgehead atoms. The van der Waals surface area contributed by atoms with E-state index in [0.717, 1.165) is 0 Å². The SMILES string of the molecule is COc1ccc(CO)cc1S(=O)(=O)NCCc1ncn[nH]1. The van der Waals surface area contributed by atoms with Crippen LogP contribution in [0.4, 0.5) is 0 Å². The highest BCUT2D eigenvalue weighted by Gasteiger charge is 2.19. The van der Waals surface area contributed by atoms with Crippen molar-refractivity contribution in [3.63, 3.8) is 0 Å². The first kappa shape index (κ1) is 15.4. The van der Waals surface area contributed by atoms with Crippen molar-refractivity contribution in [2.45, 2.75) is 17.9 Å². The molecule has 0 spiro atoms.